The maximum atomic E-state index is 11.8. The number of amides is 1. The first-order valence-corrected chi connectivity index (χ1v) is 7.18. The maximum absolute atomic E-state index is 11.8. The molecule has 102 valence electrons. The van der Waals surface area contributed by atoms with Gasteiger partial charge in [-0.3, -0.25) is 9.48 Å². The molecule has 1 rings (SSSR count). The van der Waals surface area contributed by atoms with Gasteiger partial charge in [0, 0.05) is 39.4 Å². The molecule has 0 fully saturated rings. The van der Waals surface area contributed by atoms with Gasteiger partial charge in [0.15, 0.2) is 0 Å². The van der Waals surface area contributed by atoms with Crippen molar-refractivity contribution in [2.75, 3.05) is 26.9 Å². The van der Waals surface area contributed by atoms with Gasteiger partial charge in [0.1, 0.15) is 0 Å². The van der Waals surface area contributed by atoms with Crippen LogP contribution in [-0.2, 0) is 28.4 Å². The molecule has 0 saturated carbocycles. The molecule has 0 atom stereocenters. The van der Waals surface area contributed by atoms with Crippen LogP contribution in [0.5, 0.6) is 0 Å². The van der Waals surface area contributed by atoms with Gasteiger partial charge >= 0.3 is 0 Å². The third kappa shape index (κ3) is 4.11. The van der Waals surface area contributed by atoms with Gasteiger partial charge in [0.2, 0.25) is 15.9 Å². The van der Waals surface area contributed by atoms with Crippen LogP contribution >= 0.6 is 0 Å². The highest BCUT2D eigenvalue weighted by Gasteiger charge is 2.18. The zero-order valence-electron chi connectivity index (χ0n) is 11.0. The third-order valence-corrected chi connectivity index (χ3v) is 3.79. The summed E-state index contributed by atoms with van der Waals surface area (Å²) in [5, 5.41) is 4.00. The molecule has 0 radical (unpaired) electrons. The highest BCUT2D eigenvalue weighted by atomic mass is 32.2. The fourth-order valence-corrected chi connectivity index (χ4v) is 1.69. The Hall–Kier alpha value is -1.41. The topological polar surface area (TPSA) is 75.5 Å². The number of carbonyl (C=O) groups excluding carboxylic acids is 1. The van der Waals surface area contributed by atoms with E-state index in [1.807, 2.05) is 6.20 Å². The molecule has 0 unspecified atom stereocenters. The van der Waals surface area contributed by atoms with Crippen molar-refractivity contribution in [3.8, 4) is 0 Å². The second-order valence-corrected chi connectivity index (χ2v) is 6.38. The molecule has 18 heavy (non-hydrogen) atoms. The molecule has 1 heterocycles. The van der Waals surface area contributed by atoms with Crippen molar-refractivity contribution in [3.05, 3.63) is 18.0 Å². The average molecular weight is 274 g/mol. The second kappa shape index (κ2) is 5.49. The Balaban J connectivity index is 2.57. The van der Waals surface area contributed by atoms with Crippen molar-refractivity contribution in [2.24, 2.45) is 7.05 Å². The van der Waals surface area contributed by atoms with E-state index in [4.69, 9.17) is 0 Å². The zero-order chi connectivity index (χ0) is 13.9. The highest BCUT2D eigenvalue weighted by molar-refractivity contribution is 7.88. The van der Waals surface area contributed by atoms with Crippen molar-refractivity contribution in [3.63, 3.8) is 0 Å². The van der Waals surface area contributed by atoms with Gasteiger partial charge in [-0.15, -0.1) is 0 Å². The van der Waals surface area contributed by atoms with E-state index in [2.05, 4.69) is 5.10 Å². The van der Waals surface area contributed by atoms with E-state index in [-0.39, 0.29) is 12.5 Å². The number of nitrogens with zero attached hydrogens (tertiary/aromatic N) is 4. The normalized spacial score (nSPS) is 11.8. The molecule has 0 bridgehead atoms. The van der Waals surface area contributed by atoms with Gasteiger partial charge in [-0.2, -0.15) is 9.40 Å². The lowest BCUT2D eigenvalue weighted by molar-refractivity contribution is -0.130. The van der Waals surface area contributed by atoms with Crippen LogP contribution in [-0.4, -0.2) is 60.2 Å². The van der Waals surface area contributed by atoms with Gasteiger partial charge in [-0.1, -0.05) is 0 Å². The lowest BCUT2D eigenvalue weighted by atomic mass is 10.3. The number of aromatic nitrogens is 2. The van der Waals surface area contributed by atoms with Gasteiger partial charge in [-0.05, 0) is 0 Å². The molecule has 0 N–H and O–H groups in total. The predicted molar refractivity (Wildman–Crippen MR) is 67.2 cm³/mol. The van der Waals surface area contributed by atoms with Crippen LogP contribution in [0, 0.1) is 0 Å². The molecule has 0 aliphatic carbocycles. The van der Waals surface area contributed by atoms with E-state index in [1.165, 1.54) is 11.9 Å². The molecular formula is C10H18N4O3S. The minimum absolute atomic E-state index is 0.157. The fraction of sp³-hybridized carbons (Fsp3) is 0.600. The quantitative estimate of drug-likeness (QED) is 0.709. The standard InChI is InChI=1S/C10H18N4O3S/c1-12(6-9-5-11-13(2)7-9)10(15)8-14(3)18(4,16)17/h5,7H,6,8H2,1-4H3. The lowest BCUT2D eigenvalue weighted by Gasteiger charge is -2.20. The summed E-state index contributed by atoms with van der Waals surface area (Å²) in [6.45, 7) is 0.250. The summed E-state index contributed by atoms with van der Waals surface area (Å²) in [4.78, 5) is 13.3. The monoisotopic (exact) mass is 274 g/mol. The molecule has 0 spiro atoms. The Kier molecular flexibility index (Phi) is 4.47. The van der Waals surface area contributed by atoms with E-state index < -0.39 is 10.0 Å². The van der Waals surface area contributed by atoms with E-state index >= 15 is 0 Å². The second-order valence-electron chi connectivity index (χ2n) is 4.29. The highest BCUT2D eigenvalue weighted by Crippen LogP contribution is 2.03. The van der Waals surface area contributed by atoms with Crippen molar-refractivity contribution < 1.29 is 13.2 Å². The molecule has 1 aromatic heterocycles. The minimum Gasteiger partial charge on any atom is -0.340 e. The summed E-state index contributed by atoms with van der Waals surface area (Å²) in [6, 6.07) is 0. The van der Waals surface area contributed by atoms with Crippen molar-refractivity contribution in [1.29, 1.82) is 0 Å². The number of likely N-dealkylation sites (N-methyl/N-ethyl adjacent to an activating group) is 2. The summed E-state index contributed by atoms with van der Waals surface area (Å²) in [7, 11) is 1.47. The van der Waals surface area contributed by atoms with Crippen LogP contribution in [0.15, 0.2) is 12.4 Å². The summed E-state index contributed by atoms with van der Waals surface area (Å²) in [6.07, 6.45) is 4.55. The van der Waals surface area contributed by atoms with E-state index in [0.29, 0.717) is 6.54 Å². The average Bonchev–Trinajstić information content (AvgIpc) is 2.62. The number of sulfonamides is 1. The molecule has 0 aliphatic rings. The molecule has 8 heteroatoms. The van der Waals surface area contributed by atoms with Crippen LogP contribution in [0.2, 0.25) is 0 Å². The van der Waals surface area contributed by atoms with E-state index in [1.54, 1.807) is 25.0 Å². The van der Waals surface area contributed by atoms with Crippen LogP contribution < -0.4 is 0 Å². The van der Waals surface area contributed by atoms with Gasteiger partial charge in [-0.25, -0.2) is 8.42 Å². The molecule has 1 amide bonds. The fourth-order valence-electron chi connectivity index (χ4n) is 1.34. The lowest BCUT2D eigenvalue weighted by Crippen LogP contribution is -2.38. The smallest absolute Gasteiger partial charge is 0.237 e. The largest absolute Gasteiger partial charge is 0.340 e. The minimum atomic E-state index is -3.33. The third-order valence-electron chi connectivity index (χ3n) is 2.53. The van der Waals surface area contributed by atoms with Gasteiger partial charge < -0.3 is 4.90 Å². The van der Waals surface area contributed by atoms with Crippen LogP contribution in [0.3, 0.4) is 0 Å². The summed E-state index contributed by atoms with van der Waals surface area (Å²) < 4.78 is 25.1. The number of rotatable bonds is 5. The molecule has 0 saturated heterocycles. The van der Waals surface area contributed by atoms with E-state index in [0.717, 1.165) is 16.1 Å². The number of hydrogen-bond acceptors (Lipinski definition) is 4. The van der Waals surface area contributed by atoms with Gasteiger partial charge in [0.05, 0.1) is 19.0 Å². The number of carbonyl (C=O) groups is 1. The Morgan fingerprint density at radius 2 is 2.06 bits per heavy atom. The molecule has 0 aromatic carbocycles. The first-order valence-electron chi connectivity index (χ1n) is 5.33. The molecule has 0 aliphatic heterocycles. The zero-order valence-corrected chi connectivity index (χ0v) is 11.8. The summed E-state index contributed by atoms with van der Waals surface area (Å²) in [5.74, 6) is -0.258. The van der Waals surface area contributed by atoms with Crippen LogP contribution in [0.25, 0.3) is 0 Å². The molecular weight excluding hydrogens is 256 g/mol. The Bertz CT molecular complexity index is 523. The summed E-state index contributed by atoms with van der Waals surface area (Å²) >= 11 is 0. The molecule has 7 nitrogen and oxygen atoms in total. The van der Waals surface area contributed by atoms with Crippen molar-refractivity contribution in [2.45, 2.75) is 6.54 Å². The SMILES string of the molecule is CN(Cc1cnn(C)c1)C(=O)CN(C)S(C)(=O)=O. The van der Waals surface area contributed by atoms with Crippen molar-refractivity contribution in [1.82, 2.24) is 19.0 Å². The van der Waals surface area contributed by atoms with E-state index in [9.17, 15) is 13.2 Å². The van der Waals surface area contributed by atoms with Crippen molar-refractivity contribution >= 4 is 15.9 Å². The predicted octanol–water partition coefficient (Wildman–Crippen LogP) is -0.730. The van der Waals surface area contributed by atoms with Gasteiger partial charge in [0.25, 0.3) is 0 Å². The maximum Gasteiger partial charge on any atom is 0.237 e. The number of hydrogen-bond donors (Lipinski definition) is 0. The Morgan fingerprint density at radius 3 is 2.50 bits per heavy atom. The summed E-state index contributed by atoms with van der Waals surface area (Å²) in [5.41, 5.74) is 0.898. The van der Waals surface area contributed by atoms with Crippen LogP contribution in [0.1, 0.15) is 5.56 Å². The Morgan fingerprint density at radius 1 is 1.44 bits per heavy atom. The van der Waals surface area contributed by atoms with Crippen LogP contribution in [0.4, 0.5) is 0 Å². The number of aryl methyl sites for hydroxylation is 1. The Labute approximate surface area is 107 Å². The first-order chi connectivity index (χ1) is 8.20. The first kappa shape index (κ1) is 14.7. The molecule has 1 aromatic rings.